The van der Waals surface area contributed by atoms with Crippen LogP contribution < -0.4 is 34.4 Å². The summed E-state index contributed by atoms with van der Waals surface area (Å²) in [7, 11) is -4.67. The monoisotopic (exact) mass is 358 g/mol. The topological polar surface area (TPSA) is 255 Å². The Bertz CT molecular complexity index is 373. The van der Waals surface area contributed by atoms with Crippen molar-refractivity contribution in [2.75, 3.05) is 26.2 Å². The van der Waals surface area contributed by atoms with Gasteiger partial charge in [0.15, 0.2) is 11.9 Å². The van der Waals surface area contributed by atoms with Gasteiger partial charge in [0.05, 0.1) is 0 Å². The van der Waals surface area contributed by atoms with Crippen LogP contribution in [0.2, 0.25) is 0 Å². The van der Waals surface area contributed by atoms with E-state index < -0.39 is 10.4 Å². The molecule has 12 nitrogen and oxygen atoms in total. The van der Waals surface area contributed by atoms with Crippen LogP contribution in [0.5, 0.6) is 0 Å². The van der Waals surface area contributed by atoms with Crippen molar-refractivity contribution in [1.82, 2.24) is 0 Å². The molecule has 0 rings (SSSR count). The molecule has 0 bridgehead atoms. The van der Waals surface area contributed by atoms with E-state index in [1.54, 1.807) is 0 Å². The Morgan fingerprint density at radius 1 is 0.739 bits per heavy atom. The van der Waals surface area contributed by atoms with Crippen LogP contribution in [0.3, 0.4) is 0 Å². The highest BCUT2D eigenvalue weighted by atomic mass is 32.3. The molecule has 14 N–H and O–H groups in total. The van der Waals surface area contributed by atoms with Crippen LogP contribution in [0.1, 0.15) is 25.7 Å². The molecule has 0 aliphatic heterocycles. The van der Waals surface area contributed by atoms with Crippen molar-refractivity contribution < 1.29 is 17.5 Å². The molecule has 140 valence electrons. The third kappa shape index (κ3) is 64.0. The number of guanidine groups is 2. The minimum atomic E-state index is -4.67. The molecular weight excluding hydrogens is 328 g/mol. The first kappa shape index (κ1) is 26.2. The maximum absolute atomic E-state index is 8.74. The summed E-state index contributed by atoms with van der Waals surface area (Å²) < 4.78 is 31.6. The van der Waals surface area contributed by atoms with Gasteiger partial charge in [-0.05, 0) is 38.8 Å². The number of nitrogens with zero attached hydrogens (tertiary/aromatic N) is 2. The Kier molecular flexibility index (Phi) is 21.0. The van der Waals surface area contributed by atoms with Gasteiger partial charge in [-0.15, -0.1) is 0 Å². The second kappa shape index (κ2) is 18.4. The van der Waals surface area contributed by atoms with Crippen LogP contribution in [0.15, 0.2) is 9.98 Å². The van der Waals surface area contributed by atoms with E-state index >= 15 is 0 Å². The Labute approximate surface area is 136 Å². The summed E-state index contributed by atoms with van der Waals surface area (Å²) in [5, 5.41) is 0. The molecule has 0 amide bonds. The fourth-order valence-electron chi connectivity index (χ4n) is 0.929. The minimum absolute atomic E-state index is 0.159. The number of unbranched alkanes of at least 4 members (excludes halogenated alkanes) is 2. The van der Waals surface area contributed by atoms with Crippen LogP contribution >= 0.6 is 0 Å². The van der Waals surface area contributed by atoms with Gasteiger partial charge in [-0.3, -0.25) is 19.1 Å². The van der Waals surface area contributed by atoms with Crippen LogP contribution in [-0.4, -0.2) is 55.6 Å². The lowest BCUT2D eigenvalue weighted by Gasteiger charge is -1.92. The predicted molar refractivity (Wildman–Crippen MR) is 92.1 cm³/mol. The molecular formula is C10H30N8O4S. The van der Waals surface area contributed by atoms with Crippen molar-refractivity contribution in [2.45, 2.75) is 25.7 Å². The van der Waals surface area contributed by atoms with E-state index in [-0.39, 0.29) is 11.9 Å². The third-order valence-electron chi connectivity index (χ3n) is 1.81. The highest BCUT2D eigenvalue weighted by molar-refractivity contribution is 7.79. The Balaban J connectivity index is -0.000000273. The molecule has 13 heteroatoms. The van der Waals surface area contributed by atoms with Crippen molar-refractivity contribution in [3.8, 4) is 0 Å². The van der Waals surface area contributed by atoms with Crippen LogP contribution in [0.4, 0.5) is 0 Å². The van der Waals surface area contributed by atoms with Gasteiger partial charge >= 0.3 is 10.4 Å². The lowest BCUT2D eigenvalue weighted by Crippen LogP contribution is -2.23. The largest absolute Gasteiger partial charge is 0.394 e. The maximum atomic E-state index is 8.74. The number of nitrogens with two attached hydrogens (primary N) is 6. The van der Waals surface area contributed by atoms with Crippen molar-refractivity contribution in [3.05, 3.63) is 0 Å². The summed E-state index contributed by atoms with van der Waals surface area (Å²) in [6, 6.07) is 0. The molecule has 0 aromatic rings. The van der Waals surface area contributed by atoms with Gasteiger partial charge in [-0.1, -0.05) is 0 Å². The first-order valence-corrected chi connectivity index (χ1v) is 8.15. The van der Waals surface area contributed by atoms with Gasteiger partial charge in [0, 0.05) is 13.1 Å². The molecule has 0 unspecified atom stereocenters. The summed E-state index contributed by atoms with van der Waals surface area (Å²) in [4.78, 5) is 7.56. The summed E-state index contributed by atoms with van der Waals surface area (Å²) >= 11 is 0. The standard InChI is InChI=1S/2C5H14N4.H2O4S/c2*6-3-1-2-4-9-5(7)8;1-5(2,3)4/h2*1-4,6H2,(H4,7,8,9);(H2,1,2,3,4). The Hall–Kier alpha value is -1.67. The number of hydrogen-bond acceptors (Lipinski definition) is 6. The van der Waals surface area contributed by atoms with E-state index in [4.69, 9.17) is 51.9 Å². The molecule has 0 fully saturated rings. The average molecular weight is 358 g/mol. The number of rotatable bonds is 8. The molecule has 0 aliphatic carbocycles. The zero-order chi connectivity index (χ0) is 18.7. The highest BCUT2D eigenvalue weighted by Gasteiger charge is 1.85. The second-order valence-electron chi connectivity index (χ2n) is 4.05. The van der Waals surface area contributed by atoms with Crippen molar-refractivity contribution in [1.29, 1.82) is 0 Å². The van der Waals surface area contributed by atoms with E-state index in [9.17, 15) is 0 Å². The first-order valence-electron chi connectivity index (χ1n) is 6.75. The summed E-state index contributed by atoms with van der Waals surface area (Å²) in [6.45, 7) is 2.80. The third-order valence-corrected chi connectivity index (χ3v) is 1.81. The van der Waals surface area contributed by atoms with E-state index in [2.05, 4.69) is 9.98 Å². The summed E-state index contributed by atoms with van der Waals surface area (Å²) in [5.41, 5.74) is 30.8. The number of hydrogen-bond donors (Lipinski definition) is 8. The molecule has 0 aliphatic rings. The molecule has 0 heterocycles. The van der Waals surface area contributed by atoms with E-state index in [1.807, 2.05) is 0 Å². The lowest BCUT2D eigenvalue weighted by molar-refractivity contribution is 0.381. The predicted octanol–water partition coefficient (Wildman–Crippen LogP) is -2.66. The first-order chi connectivity index (χ1) is 10.5. The molecule has 0 atom stereocenters. The van der Waals surface area contributed by atoms with Crippen molar-refractivity contribution in [3.63, 3.8) is 0 Å². The SMILES string of the molecule is NCCCCN=C(N)N.NCCCCN=C(N)N.O=S(=O)(O)O. The second-order valence-corrected chi connectivity index (χ2v) is 4.95. The Morgan fingerprint density at radius 2 is 1.00 bits per heavy atom. The molecule has 23 heavy (non-hydrogen) atoms. The van der Waals surface area contributed by atoms with E-state index in [0.717, 1.165) is 25.7 Å². The zero-order valence-corrected chi connectivity index (χ0v) is 14.0. The van der Waals surface area contributed by atoms with Gasteiger partial charge in [0.25, 0.3) is 0 Å². The van der Waals surface area contributed by atoms with Crippen molar-refractivity contribution >= 4 is 22.3 Å². The van der Waals surface area contributed by atoms with Crippen LogP contribution in [-0.2, 0) is 10.4 Å². The van der Waals surface area contributed by atoms with Gasteiger partial charge in [-0.2, -0.15) is 8.42 Å². The summed E-state index contributed by atoms with van der Waals surface area (Å²) in [6.07, 6.45) is 3.90. The smallest absolute Gasteiger partial charge is 0.370 e. The van der Waals surface area contributed by atoms with Gasteiger partial charge in [0.1, 0.15) is 0 Å². The number of aliphatic imine (C=N–C) groups is 2. The quantitative estimate of drug-likeness (QED) is 0.0966. The molecule has 0 aromatic heterocycles. The van der Waals surface area contributed by atoms with Gasteiger partial charge in [-0.25, -0.2) is 0 Å². The van der Waals surface area contributed by atoms with Crippen LogP contribution in [0.25, 0.3) is 0 Å². The summed E-state index contributed by atoms with van der Waals surface area (Å²) in [5.74, 6) is 0.319. The zero-order valence-electron chi connectivity index (χ0n) is 13.1. The molecule has 0 saturated carbocycles. The van der Waals surface area contributed by atoms with Gasteiger partial charge in [0.2, 0.25) is 0 Å². The van der Waals surface area contributed by atoms with Crippen LogP contribution in [0, 0.1) is 0 Å². The molecule has 0 aromatic carbocycles. The lowest BCUT2D eigenvalue weighted by atomic mass is 10.3. The normalized spacial score (nSPS) is 9.57. The average Bonchev–Trinajstić information content (AvgIpc) is 2.38. The highest BCUT2D eigenvalue weighted by Crippen LogP contribution is 1.85. The fourth-order valence-corrected chi connectivity index (χ4v) is 0.929. The van der Waals surface area contributed by atoms with Crippen molar-refractivity contribution in [2.24, 2.45) is 44.4 Å². The fraction of sp³-hybridized carbons (Fsp3) is 0.800. The molecule has 0 saturated heterocycles. The Morgan fingerprint density at radius 3 is 1.17 bits per heavy atom. The van der Waals surface area contributed by atoms with E-state index in [0.29, 0.717) is 26.2 Å². The molecule has 0 radical (unpaired) electrons. The maximum Gasteiger partial charge on any atom is 0.394 e. The van der Waals surface area contributed by atoms with Gasteiger partial charge < -0.3 is 34.4 Å². The minimum Gasteiger partial charge on any atom is -0.370 e. The molecule has 0 spiro atoms. The van der Waals surface area contributed by atoms with E-state index in [1.165, 1.54) is 0 Å².